The Bertz CT molecular complexity index is 861. The van der Waals surface area contributed by atoms with Crippen LogP contribution in [-0.2, 0) is 21.4 Å². The summed E-state index contributed by atoms with van der Waals surface area (Å²) in [4.78, 5) is 19.2. The van der Waals surface area contributed by atoms with E-state index in [0.717, 1.165) is 31.4 Å². The molecule has 1 aromatic carbocycles. The Morgan fingerprint density at radius 2 is 1.83 bits per heavy atom. The molecule has 30 heavy (non-hydrogen) atoms. The molecular formula is C21H33N5O3S. The van der Waals surface area contributed by atoms with E-state index < -0.39 is 10.0 Å². The number of hydrogen-bond acceptors (Lipinski definition) is 4. The minimum atomic E-state index is -3.42. The van der Waals surface area contributed by atoms with E-state index in [0.29, 0.717) is 25.0 Å². The lowest BCUT2D eigenvalue weighted by Crippen LogP contribution is -2.45. The molecule has 1 atom stereocenters. The smallest absolute Gasteiger partial charge is 0.242 e. The van der Waals surface area contributed by atoms with Gasteiger partial charge in [-0.15, -0.1) is 0 Å². The summed E-state index contributed by atoms with van der Waals surface area (Å²) in [6, 6.07) is 7.02. The van der Waals surface area contributed by atoms with E-state index in [-0.39, 0.29) is 16.9 Å². The molecule has 1 aromatic rings. The average Bonchev–Trinajstić information content (AvgIpc) is 3.43. The van der Waals surface area contributed by atoms with Crippen molar-refractivity contribution in [2.24, 2.45) is 10.9 Å². The maximum Gasteiger partial charge on any atom is 0.242 e. The molecule has 8 nitrogen and oxygen atoms in total. The molecule has 1 heterocycles. The van der Waals surface area contributed by atoms with E-state index >= 15 is 0 Å². The number of nitrogens with one attached hydrogen (secondary N) is 2. The summed E-state index contributed by atoms with van der Waals surface area (Å²) < 4.78 is 25.5. The molecule has 3 rings (SSSR count). The zero-order valence-corrected chi connectivity index (χ0v) is 18.9. The number of aliphatic imine (C=N–C) groups is 1. The van der Waals surface area contributed by atoms with Gasteiger partial charge in [0.05, 0.1) is 4.90 Å². The van der Waals surface area contributed by atoms with E-state index in [9.17, 15) is 13.2 Å². The van der Waals surface area contributed by atoms with Crippen LogP contribution in [0.1, 0.15) is 37.7 Å². The molecule has 1 aliphatic heterocycles. The molecule has 166 valence electrons. The van der Waals surface area contributed by atoms with Crippen molar-refractivity contribution >= 4 is 21.9 Å². The fourth-order valence-electron chi connectivity index (χ4n) is 4.07. The summed E-state index contributed by atoms with van der Waals surface area (Å²) in [5.41, 5.74) is 0.958. The van der Waals surface area contributed by atoms with Gasteiger partial charge in [-0.2, -0.15) is 0 Å². The molecule has 2 aliphatic rings. The van der Waals surface area contributed by atoms with Crippen molar-refractivity contribution < 1.29 is 13.2 Å². The zero-order chi connectivity index (χ0) is 21.7. The molecule has 1 unspecified atom stereocenters. The summed E-state index contributed by atoms with van der Waals surface area (Å²) in [5, 5.41) is 6.67. The molecule has 9 heteroatoms. The lowest BCUT2D eigenvalue weighted by atomic mass is 10.1. The second-order valence-corrected chi connectivity index (χ2v) is 10.4. The Morgan fingerprint density at radius 3 is 2.43 bits per heavy atom. The predicted molar refractivity (Wildman–Crippen MR) is 118 cm³/mol. The van der Waals surface area contributed by atoms with Crippen LogP contribution in [0.25, 0.3) is 0 Å². The highest BCUT2D eigenvalue weighted by Gasteiger charge is 2.32. The van der Waals surface area contributed by atoms with Crippen LogP contribution in [0.3, 0.4) is 0 Å². The predicted octanol–water partition coefficient (Wildman–Crippen LogP) is 1.39. The Hall–Kier alpha value is -2.13. The number of amides is 1. The first-order valence-electron chi connectivity index (χ1n) is 10.6. The number of nitrogens with zero attached hydrogens (tertiary/aromatic N) is 3. The van der Waals surface area contributed by atoms with Gasteiger partial charge in [0.15, 0.2) is 5.96 Å². The summed E-state index contributed by atoms with van der Waals surface area (Å²) in [7, 11) is 1.34. The fraction of sp³-hybridized carbons (Fsp3) is 0.619. The van der Waals surface area contributed by atoms with Gasteiger partial charge in [-0.3, -0.25) is 9.79 Å². The number of carbonyl (C=O) groups is 1. The lowest BCUT2D eigenvalue weighted by molar-refractivity contribution is -0.134. The van der Waals surface area contributed by atoms with Gasteiger partial charge in [0, 0.05) is 52.7 Å². The van der Waals surface area contributed by atoms with Crippen molar-refractivity contribution in [3.63, 3.8) is 0 Å². The lowest BCUT2D eigenvalue weighted by Gasteiger charge is -2.21. The minimum absolute atomic E-state index is 0.189. The molecule has 0 aromatic heterocycles. The molecule has 1 aliphatic carbocycles. The highest BCUT2D eigenvalue weighted by molar-refractivity contribution is 7.89. The van der Waals surface area contributed by atoms with E-state index in [1.807, 2.05) is 4.90 Å². The number of sulfonamides is 1. The van der Waals surface area contributed by atoms with Gasteiger partial charge in [-0.25, -0.2) is 12.7 Å². The minimum Gasteiger partial charge on any atom is -0.352 e. The van der Waals surface area contributed by atoms with Crippen LogP contribution in [0.2, 0.25) is 0 Å². The molecule has 2 fully saturated rings. The summed E-state index contributed by atoms with van der Waals surface area (Å²) >= 11 is 0. The second-order valence-electron chi connectivity index (χ2n) is 8.25. The zero-order valence-electron chi connectivity index (χ0n) is 18.1. The van der Waals surface area contributed by atoms with E-state index in [2.05, 4.69) is 15.6 Å². The standard InChI is InChI=1S/C21H33N5O3S/c1-22-21(23-14-16-8-10-19(11-9-16)30(28,29)25(2)3)24-18-12-13-26(15-18)20(27)17-6-4-5-7-17/h8-11,17-18H,4-7,12-15H2,1-3H3,(H2,22,23,24). The Morgan fingerprint density at radius 1 is 1.17 bits per heavy atom. The number of guanidine groups is 1. The van der Waals surface area contributed by atoms with Crippen LogP contribution in [0, 0.1) is 5.92 Å². The highest BCUT2D eigenvalue weighted by Crippen LogP contribution is 2.27. The van der Waals surface area contributed by atoms with Crippen LogP contribution in [0.5, 0.6) is 0 Å². The molecular weight excluding hydrogens is 402 g/mol. The van der Waals surface area contributed by atoms with Gasteiger partial charge < -0.3 is 15.5 Å². The van der Waals surface area contributed by atoms with Crippen molar-refractivity contribution in [1.82, 2.24) is 19.8 Å². The maximum atomic E-state index is 12.6. The highest BCUT2D eigenvalue weighted by atomic mass is 32.2. The summed E-state index contributed by atoms with van der Waals surface area (Å²) in [6.45, 7) is 2.04. The van der Waals surface area contributed by atoms with Crippen molar-refractivity contribution in [2.45, 2.75) is 49.6 Å². The number of hydrogen-bond donors (Lipinski definition) is 2. The van der Waals surface area contributed by atoms with Gasteiger partial charge in [-0.1, -0.05) is 25.0 Å². The van der Waals surface area contributed by atoms with Crippen LogP contribution in [0.15, 0.2) is 34.2 Å². The molecule has 0 radical (unpaired) electrons. The van der Waals surface area contributed by atoms with Crippen LogP contribution in [0.4, 0.5) is 0 Å². The topological polar surface area (TPSA) is 94.1 Å². The number of rotatable bonds is 6. The van der Waals surface area contributed by atoms with Crippen molar-refractivity contribution in [3.8, 4) is 0 Å². The van der Waals surface area contributed by atoms with Crippen molar-refractivity contribution in [2.75, 3.05) is 34.2 Å². The van der Waals surface area contributed by atoms with Gasteiger partial charge in [-0.05, 0) is 37.0 Å². The van der Waals surface area contributed by atoms with Crippen LogP contribution >= 0.6 is 0 Å². The van der Waals surface area contributed by atoms with Crippen molar-refractivity contribution in [3.05, 3.63) is 29.8 Å². The largest absolute Gasteiger partial charge is 0.352 e. The average molecular weight is 436 g/mol. The third-order valence-corrected chi connectivity index (χ3v) is 7.76. The van der Waals surface area contributed by atoms with Gasteiger partial charge in [0.25, 0.3) is 0 Å². The number of carbonyl (C=O) groups excluding carboxylic acids is 1. The van der Waals surface area contributed by atoms with E-state index in [4.69, 9.17) is 0 Å². The first kappa shape index (κ1) is 22.6. The number of likely N-dealkylation sites (tertiary alicyclic amines) is 1. The summed E-state index contributed by atoms with van der Waals surface area (Å²) in [6.07, 6.45) is 5.32. The second kappa shape index (κ2) is 9.78. The van der Waals surface area contributed by atoms with Crippen LogP contribution < -0.4 is 10.6 Å². The molecule has 1 saturated carbocycles. The molecule has 0 bridgehead atoms. The molecule has 1 amide bonds. The SMILES string of the molecule is CN=C(NCc1ccc(S(=O)(=O)N(C)C)cc1)NC1CCN(C(=O)C2CCCC2)C1. The van der Waals surface area contributed by atoms with E-state index in [1.165, 1.54) is 31.2 Å². The Balaban J connectivity index is 1.49. The third-order valence-electron chi connectivity index (χ3n) is 5.93. The first-order chi connectivity index (χ1) is 14.3. The van der Waals surface area contributed by atoms with Crippen molar-refractivity contribution in [1.29, 1.82) is 0 Å². The Kier molecular flexibility index (Phi) is 7.36. The van der Waals surface area contributed by atoms with Gasteiger partial charge >= 0.3 is 0 Å². The van der Waals surface area contributed by atoms with Gasteiger partial charge in [0.2, 0.25) is 15.9 Å². The number of benzene rings is 1. The first-order valence-corrected chi connectivity index (χ1v) is 12.0. The van der Waals surface area contributed by atoms with Crippen LogP contribution in [-0.4, -0.2) is 69.8 Å². The quantitative estimate of drug-likeness (QED) is 0.520. The third kappa shape index (κ3) is 5.31. The van der Waals surface area contributed by atoms with E-state index in [1.54, 1.807) is 31.3 Å². The fourth-order valence-corrected chi connectivity index (χ4v) is 4.97. The monoisotopic (exact) mass is 435 g/mol. The Labute approximate surface area is 179 Å². The summed E-state index contributed by atoms with van der Waals surface area (Å²) in [5.74, 6) is 1.22. The normalized spacial score (nSPS) is 20.7. The van der Waals surface area contributed by atoms with Gasteiger partial charge in [0.1, 0.15) is 0 Å². The molecule has 2 N–H and O–H groups in total. The molecule has 1 saturated heterocycles. The molecule has 0 spiro atoms. The maximum absolute atomic E-state index is 12.6.